The van der Waals surface area contributed by atoms with Crippen molar-refractivity contribution in [3.8, 4) is 11.1 Å². The zero-order valence-corrected chi connectivity index (χ0v) is 15.5. The molecule has 0 radical (unpaired) electrons. The molecule has 0 aliphatic heterocycles. The van der Waals surface area contributed by atoms with Crippen molar-refractivity contribution < 1.29 is 4.79 Å². The summed E-state index contributed by atoms with van der Waals surface area (Å²) in [5.74, 6) is 0.572. The van der Waals surface area contributed by atoms with Gasteiger partial charge in [0.1, 0.15) is 6.33 Å². The molecule has 0 atom stereocenters. The number of fused-ring (bicyclic) bond motifs is 1. The molecular formula is C21H20N6O. The van der Waals surface area contributed by atoms with Gasteiger partial charge >= 0.3 is 0 Å². The van der Waals surface area contributed by atoms with Gasteiger partial charge in [0, 0.05) is 43.7 Å². The van der Waals surface area contributed by atoms with Crippen LogP contribution in [0.2, 0.25) is 0 Å². The summed E-state index contributed by atoms with van der Waals surface area (Å²) in [7, 11) is 1.81. The van der Waals surface area contributed by atoms with E-state index in [0.29, 0.717) is 24.6 Å². The molecule has 2 aromatic carbocycles. The summed E-state index contributed by atoms with van der Waals surface area (Å²) >= 11 is 0. The van der Waals surface area contributed by atoms with Gasteiger partial charge in [-0.1, -0.05) is 24.3 Å². The summed E-state index contributed by atoms with van der Waals surface area (Å²) < 4.78 is 1.64. The number of nitrogens with zero attached hydrogens (tertiary/aromatic N) is 4. The number of hydrogen-bond donors (Lipinski definition) is 2. The number of carbonyl (C=O) groups excluding carboxylic acids is 1. The molecule has 7 heteroatoms. The van der Waals surface area contributed by atoms with Crippen LogP contribution in [0.15, 0.2) is 67.3 Å². The number of rotatable bonds is 6. The molecule has 0 aliphatic carbocycles. The monoisotopic (exact) mass is 372 g/mol. The lowest BCUT2D eigenvalue weighted by Crippen LogP contribution is -2.29. The van der Waals surface area contributed by atoms with Gasteiger partial charge in [0.25, 0.3) is 5.91 Å². The van der Waals surface area contributed by atoms with Crippen LogP contribution in [0.5, 0.6) is 0 Å². The minimum absolute atomic E-state index is 0.0991. The molecule has 0 saturated heterocycles. The van der Waals surface area contributed by atoms with Crippen molar-refractivity contribution in [2.24, 2.45) is 7.05 Å². The lowest BCUT2D eigenvalue weighted by atomic mass is 10.0. The van der Waals surface area contributed by atoms with Crippen LogP contribution >= 0.6 is 0 Å². The topological polar surface area (TPSA) is 84.7 Å². The summed E-state index contributed by atoms with van der Waals surface area (Å²) in [4.78, 5) is 20.7. The van der Waals surface area contributed by atoms with Crippen LogP contribution in [-0.2, 0) is 7.05 Å². The van der Waals surface area contributed by atoms with Crippen LogP contribution in [0.25, 0.3) is 21.9 Å². The molecule has 0 bridgehead atoms. The number of carbonyl (C=O) groups is 1. The first-order valence-corrected chi connectivity index (χ1v) is 9.01. The largest absolute Gasteiger partial charge is 0.353 e. The van der Waals surface area contributed by atoms with Crippen LogP contribution in [-0.4, -0.2) is 38.7 Å². The number of amides is 1. The van der Waals surface area contributed by atoms with Crippen LogP contribution in [0.1, 0.15) is 10.4 Å². The predicted octanol–water partition coefficient (Wildman–Crippen LogP) is 2.87. The number of anilines is 1. The Morgan fingerprint density at radius 1 is 1.04 bits per heavy atom. The smallest absolute Gasteiger partial charge is 0.251 e. The molecule has 28 heavy (non-hydrogen) atoms. The quantitative estimate of drug-likeness (QED) is 0.509. The summed E-state index contributed by atoms with van der Waals surface area (Å²) in [5.41, 5.74) is 2.81. The van der Waals surface area contributed by atoms with E-state index in [0.717, 1.165) is 21.9 Å². The highest BCUT2D eigenvalue weighted by Crippen LogP contribution is 2.24. The minimum atomic E-state index is -0.0991. The van der Waals surface area contributed by atoms with Crippen LogP contribution in [0.3, 0.4) is 0 Å². The summed E-state index contributed by atoms with van der Waals surface area (Å²) in [6.45, 7) is 1.06. The Hall–Kier alpha value is -3.74. The van der Waals surface area contributed by atoms with Gasteiger partial charge < -0.3 is 10.6 Å². The summed E-state index contributed by atoms with van der Waals surface area (Å²) in [6, 6.07) is 15.9. The van der Waals surface area contributed by atoms with Gasteiger partial charge in [-0.3, -0.25) is 9.78 Å². The van der Waals surface area contributed by atoms with E-state index in [1.165, 1.54) is 6.33 Å². The van der Waals surface area contributed by atoms with Gasteiger partial charge in [0.15, 0.2) is 0 Å². The highest BCUT2D eigenvalue weighted by Gasteiger charge is 2.07. The number of benzene rings is 2. The molecule has 2 aromatic heterocycles. The van der Waals surface area contributed by atoms with E-state index in [1.54, 1.807) is 10.9 Å². The number of aryl methyl sites for hydroxylation is 1. The van der Waals surface area contributed by atoms with Gasteiger partial charge in [0.05, 0.1) is 0 Å². The highest BCUT2D eigenvalue weighted by molar-refractivity contribution is 5.99. The fraction of sp³-hybridized carbons (Fsp3) is 0.143. The Morgan fingerprint density at radius 3 is 2.68 bits per heavy atom. The van der Waals surface area contributed by atoms with E-state index in [4.69, 9.17) is 0 Å². The second kappa shape index (κ2) is 7.87. The molecule has 2 N–H and O–H groups in total. The molecule has 4 rings (SSSR count). The van der Waals surface area contributed by atoms with Gasteiger partial charge in [-0.15, -0.1) is 0 Å². The lowest BCUT2D eigenvalue weighted by molar-refractivity contribution is 0.0955. The Balaban J connectivity index is 1.41. The molecule has 0 aliphatic rings. The molecule has 0 unspecified atom stereocenters. The second-order valence-corrected chi connectivity index (χ2v) is 6.41. The number of pyridine rings is 1. The van der Waals surface area contributed by atoms with E-state index >= 15 is 0 Å². The van der Waals surface area contributed by atoms with Crippen molar-refractivity contribution in [2.75, 3.05) is 18.4 Å². The average Bonchev–Trinajstić information content (AvgIpc) is 3.15. The van der Waals surface area contributed by atoms with Crippen molar-refractivity contribution in [1.82, 2.24) is 25.1 Å². The van der Waals surface area contributed by atoms with Crippen molar-refractivity contribution in [3.63, 3.8) is 0 Å². The van der Waals surface area contributed by atoms with Crippen LogP contribution in [0, 0.1) is 0 Å². The SMILES string of the molecule is Cn1ncnc1NCCNC(=O)c1ccc2cc(-c3cccnc3)ccc2c1. The summed E-state index contributed by atoms with van der Waals surface area (Å²) in [5, 5.41) is 12.1. The van der Waals surface area contributed by atoms with Crippen LogP contribution < -0.4 is 10.6 Å². The fourth-order valence-corrected chi connectivity index (χ4v) is 3.01. The van der Waals surface area contributed by atoms with E-state index in [1.807, 2.05) is 55.7 Å². The standard InChI is InChI=1S/C21H20N6O/c1-27-21(25-14-26-27)24-10-9-23-20(28)18-7-6-15-11-17(5-4-16(15)12-18)19-3-2-8-22-13-19/h2-8,11-14H,9-10H2,1H3,(H,23,28)(H,24,25,26). The molecule has 7 nitrogen and oxygen atoms in total. The molecule has 140 valence electrons. The number of nitrogens with one attached hydrogen (secondary N) is 2. The minimum Gasteiger partial charge on any atom is -0.353 e. The third-order valence-electron chi connectivity index (χ3n) is 4.50. The number of aromatic nitrogens is 4. The predicted molar refractivity (Wildman–Crippen MR) is 109 cm³/mol. The van der Waals surface area contributed by atoms with Gasteiger partial charge in [-0.25, -0.2) is 4.68 Å². The third-order valence-corrected chi connectivity index (χ3v) is 4.50. The normalized spacial score (nSPS) is 10.8. The zero-order valence-electron chi connectivity index (χ0n) is 15.5. The van der Waals surface area contributed by atoms with Crippen molar-refractivity contribution >= 4 is 22.6 Å². The first-order chi connectivity index (χ1) is 13.7. The first-order valence-electron chi connectivity index (χ1n) is 9.01. The fourth-order valence-electron chi connectivity index (χ4n) is 3.01. The Morgan fingerprint density at radius 2 is 1.89 bits per heavy atom. The molecule has 0 fully saturated rings. The molecule has 0 spiro atoms. The Labute approximate surface area is 162 Å². The Kier molecular flexibility index (Phi) is 4.97. The van der Waals surface area contributed by atoms with Crippen molar-refractivity contribution in [3.05, 3.63) is 72.8 Å². The van der Waals surface area contributed by atoms with E-state index in [9.17, 15) is 4.79 Å². The lowest BCUT2D eigenvalue weighted by Gasteiger charge is -2.09. The molecule has 0 saturated carbocycles. The number of hydrogen-bond acceptors (Lipinski definition) is 5. The summed E-state index contributed by atoms with van der Waals surface area (Å²) in [6.07, 6.45) is 5.09. The maximum Gasteiger partial charge on any atom is 0.251 e. The van der Waals surface area contributed by atoms with Gasteiger partial charge in [-0.2, -0.15) is 10.1 Å². The molecular weight excluding hydrogens is 352 g/mol. The van der Waals surface area contributed by atoms with Crippen molar-refractivity contribution in [2.45, 2.75) is 0 Å². The van der Waals surface area contributed by atoms with Gasteiger partial charge in [0.2, 0.25) is 5.95 Å². The highest BCUT2D eigenvalue weighted by atomic mass is 16.1. The first kappa shape index (κ1) is 17.7. The average molecular weight is 372 g/mol. The van der Waals surface area contributed by atoms with E-state index in [2.05, 4.69) is 31.8 Å². The molecule has 1 amide bonds. The van der Waals surface area contributed by atoms with Gasteiger partial charge in [-0.05, 0) is 40.6 Å². The second-order valence-electron chi connectivity index (χ2n) is 6.41. The molecule has 4 aromatic rings. The van der Waals surface area contributed by atoms with E-state index < -0.39 is 0 Å². The molecule has 2 heterocycles. The maximum atomic E-state index is 12.4. The van der Waals surface area contributed by atoms with E-state index in [-0.39, 0.29) is 5.91 Å². The Bertz CT molecular complexity index is 1110. The third kappa shape index (κ3) is 3.83. The van der Waals surface area contributed by atoms with Crippen LogP contribution in [0.4, 0.5) is 5.95 Å². The van der Waals surface area contributed by atoms with Crippen molar-refractivity contribution in [1.29, 1.82) is 0 Å². The maximum absolute atomic E-state index is 12.4. The zero-order chi connectivity index (χ0) is 19.3.